The summed E-state index contributed by atoms with van der Waals surface area (Å²) in [5, 5.41) is 0. The lowest BCUT2D eigenvalue weighted by Crippen LogP contribution is -2.67. The van der Waals surface area contributed by atoms with E-state index in [2.05, 4.69) is 17.4 Å². The first-order chi connectivity index (χ1) is 5.77. The molecule has 2 aliphatic heterocycles. The predicted molar refractivity (Wildman–Crippen MR) is 46.5 cm³/mol. The van der Waals surface area contributed by atoms with E-state index < -0.39 is 0 Å². The second kappa shape index (κ2) is 2.96. The van der Waals surface area contributed by atoms with Gasteiger partial charge in [0.05, 0.1) is 18.8 Å². The Balaban J connectivity index is 1.98. The highest BCUT2D eigenvalue weighted by Crippen LogP contribution is 2.31. The van der Waals surface area contributed by atoms with Crippen LogP contribution >= 0.6 is 0 Å². The number of likely N-dealkylation sites (tertiary alicyclic amines) is 1. The molecular formula is C8H17N3O. The van der Waals surface area contributed by atoms with Gasteiger partial charge in [0.25, 0.3) is 0 Å². The maximum Gasteiger partial charge on any atom is 0.0827 e. The minimum absolute atomic E-state index is 0.0881. The maximum absolute atomic E-state index is 5.55. The van der Waals surface area contributed by atoms with Gasteiger partial charge in [0.15, 0.2) is 0 Å². The van der Waals surface area contributed by atoms with Crippen LogP contribution in [-0.2, 0) is 4.74 Å². The molecule has 2 fully saturated rings. The summed E-state index contributed by atoms with van der Waals surface area (Å²) in [5.41, 5.74) is 3.01. The Morgan fingerprint density at radius 2 is 2.33 bits per heavy atom. The van der Waals surface area contributed by atoms with E-state index in [1.165, 1.54) is 13.0 Å². The molecule has 70 valence electrons. The van der Waals surface area contributed by atoms with Crippen molar-refractivity contribution in [2.75, 3.05) is 33.4 Å². The molecule has 0 bridgehead atoms. The number of rotatable bonds is 2. The molecule has 0 amide bonds. The van der Waals surface area contributed by atoms with Crippen molar-refractivity contribution in [1.29, 1.82) is 0 Å². The molecule has 0 aromatic rings. The van der Waals surface area contributed by atoms with Gasteiger partial charge in [-0.3, -0.25) is 5.84 Å². The summed E-state index contributed by atoms with van der Waals surface area (Å²) < 4.78 is 5.22. The van der Waals surface area contributed by atoms with Gasteiger partial charge in [-0.15, -0.1) is 0 Å². The zero-order valence-corrected chi connectivity index (χ0v) is 7.55. The molecule has 0 aliphatic carbocycles. The number of nitrogens with one attached hydrogen (secondary N) is 1. The Kier molecular flexibility index (Phi) is 2.08. The molecule has 0 saturated carbocycles. The molecule has 1 atom stereocenters. The highest BCUT2D eigenvalue weighted by Gasteiger charge is 2.46. The van der Waals surface area contributed by atoms with Crippen LogP contribution in [0.5, 0.6) is 0 Å². The quantitative estimate of drug-likeness (QED) is 0.420. The molecule has 0 aromatic heterocycles. The molecule has 2 aliphatic rings. The normalized spacial score (nSPS) is 35.0. The first-order valence-electron chi connectivity index (χ1n) is 4.51. The standard InChI is InChI=1S/C8H17N3O/c1-11-3-2-7(4-11)8(10-9)5-12-6-8/h7,10H,2-6,9H2,1H3. The monoisotopic (exact) mass is 171 g/mol. The lowest BCUT2D eigenvalue weighted by molar-refractivity contribution is -0.102. The number of hydrogen-bond donors (Lipinski definition) is 2. The van der Waals surface area contributed by atoms with Crippen molar-refractivity contribution in [3.63, 3.8) is 0 Å². The summed E-state index contributed by atoms with van der Waals surface area (Å²) in [7, 11) is 2.16. The van der Waals surface area contributed by atoms with E-state index in [1.54, 1.807) is 0 Å². The molecule has 2 rings (SSSR count). The van der Waals surface area contributed by atoms with Crippen molar-refractivity contribution in [3.8, 4) is 0 Å². The topological polar surface area (TPSA) is 50.5 Å². The van der Waals surface area contributed by atoms with Gasteiger partial charge in [-0.2, -0.15) is 0 Å². The molecule has 3 N–H and O–H groups in total. The van der Waals surface area contributed by atoms with Gasteiger partial charge in [-0.05, 0) is 25.9 Å². The first kappa shape index (κ1) is 8.44. The Morgan fingerprint density at radius 3 is 2.67 bits per heavy atom. The fraction of sp³-hybridized carbons (Fsp3) is 1.00. The second-order valence-corrected chi connectivity index (χ2v) is 4.04. The van der Waals surface area contributed by atoms with E-state index in [4.69, 9.17) is 10.6 Å². The van der Waals surface area contributed by atoms with Crippen LogP contribution in [0.15, 0.2) is 0 Å². The van der Waals surface area contributed by atoms with Gasteiger partial charge >= 0.3 is 0 Å². The second-order valence-electron chi connectivity index (χ2n) is 4.04. The molecular weight excluding hydrogens is 154 g/mol. The van der Waals surface area contributed by atoms with Crippen LogP contribution in [0.3, 0.4) is 0 Å². The van der Waals surface area contributed by atoms with Gasteiger partial charge in [-0.1, -0.05) is 0 Å². The van der Waals surface area contributed by atoms with E-state index in [0.29, 0.717) is 5.92 Å². The summed E-state index contributed by atoms with van der Waals surface area (Å²) >= 11 is 0. The summed E-state index contributed by atoms with van der Waals surface area (Å²) in [6.07, 6.45) is 1.24. The summed E-state index contributed by atoms with van der Waals surface area (Å²) in [5.74, 6) is 6.21. The Hall–Kier alpha value is -0.160. The first-order valence-corrected chi connectivity index (χ1v) is 4.51. The van der Waals surface area contributed by atoms with Gasteiger partial charge in [-0.25, -0.2) is 5.43 Å². The third-order valence-electron chi connectivity index (χ3n) is 3.18. The van der Waals surface area contributed by atoms with Crippen LogP contribution in [0.4, 0.5) is 0 Å². The van der Waals surface area contributed by atoms with Crippen LogP contribution in [0.25, 0.3) is 0 Å². The number of ether oxygens (including phenoxy) is 1. The van der Waals surface area contributed by atoms with E-state index in [9.17, 15) is 0 Å². The molecule has 2 heterocycles. The fourth-order valence-corrected chi connectivity index (χ4v) is 2.14. The molecule has 1 unspecified atom stereocenters. The smallest absolute Gasteiger partial charge is 0.0827 e. The van der Waals surface area contributed by atoms with Crippen LogP contribution in [0, 0.1) is 5.92 Å². The Morgan fingerprint density at radius 1 is 1.58 bits per heavy atom. The van der Waals surface area contributed by atoms with E-state index in [-0.39, 0.29) is 5.54 Å². The van der Waals surface area contributed by atoms with Crippen molar-refractivity contribution in [3.05, 3.63) is 0 Å². The molecule has 0 radical (unpaired) electrons. The van der Waals surface area contributed by atoms with E-state index in [1.807, 2.05) is 0 Å². The average Bonchev–Trinajstić information content (AvgIpc) is 2.35. The van der Waals surface area contributed by atoms with Crippen molar-refractivity contribution >= 4 is 0 Å². The van der Waals surface area contributed by atoms with Crippen molar-refractivity contribution < 1.29 is 4.74 Å². The molecule has 4 nitrogen and oxygen atoms in total. The van der Waals surface area contributed by atoms with Gasteiger partial charge in [0.2, 0.25) is 0 Å². The number of nitrogens with two attached hydrogens (primary N) is 1. The molecule has 0 aromatic carbocycles. The third kappa shape index (κ3) is 1.15. The minimum Gasteiger partial charge on any atom is -0.377 e. The molecule has 12 heavy (non-hydrogen) atoms. The van der Waals surface area contributed by atoms with E-state index >= 15 is 0 Å². The lowest BCUT2D eigenvalue weighted by atomic mass is 9.82. The van der Waals surface area contributed by atoms with Crippen LogP contribution in [-0.4, -0.2) is 43.8 Å². The molecule has 2 saturated heterocycles. The van der Waals surface area contributed by atoms with E-state index in [0.717, 1.165) is 19.8 Å². The number of hydrogen-bond acceptors (Lipinski definition) is 4. The fourth-order valence-electron chi connectivity index (χ4n) is 2.14. The van der Waals surface area contributed by atoms with Crippen molar-refractivity contribution in [2.45, 2.75) is 12.0 Å². The van der Waals surface area contributed by atoms with Gasteiger partial charge < -0.3 is 9.64 Å². The highest BCUT2D eigenvalue weighted by molar-refractivity contribution is 5.01. The minimum atomic E-state index is 0.0881. The third-order valence-corrected chi connectivity index (χ3v) is 3.18. The van der Waals surface area contributed by atoms with Crippen molar-refractivity contribution in [1.82, 2.24) is 10.3 Å². The van der Waals surface area contributed by atoms with Crippen LogP contribution in [0.1, 0.15) is 6.42 Å². The van der Waals surface area contributed by atoms with Gasteiger partial charge in [0.1, 0.15) is 0 Å². The zero-order chi connectivity index (χ0) is 8.60. The largest absolute Gasteiger partial charge is 0.377 e. The van der Waals surface area contributed by atoms with Crippen LogP contribution < -0.4 is 11.3 Å². The van der Waals surface area contributed by atoms with Crippen LogP contribution in [0.2, 0.25) is 0 Å². The molecule has 0 spiro atoms. The van der Waals surface area contributed by atoms with Crippen molar-refractivity contribution in [2.24, 2.45) is 11.8 Å². The van der Waals surface area contributed by atoms with Gasteiger partial charge in [0, 0.05) is 6.54 Å². The average molecular weight is 171 g/mol. The molecule has 4 heteroatoms. The maximum atomic E-state index is 5.55. The predicted octanol–water partition coefficient (Wildman–Crippen LogP) is -0.830. The summed E-state index contributed by atoms with van der Waals surface area (Å²) in [4.78, 5) is 2.35. The number of nitrogens with zero attached hydrogens (tertiary/aromatic N) is 1. The lowest BCUT2D eigenvalue weighted by Gasteiger charge is -2.45. The summed E-state index contributed by atoms with van der Waals surface area (Å²) in [6, 6.07) is 0. The Labute approximate surface area is 73.0 Å². The summed E-state index contributed by atoms with van der Waals surface area (Å²) in [6.45, 7) is 3.89. The SMILES string of the molecule is CN1CCC(C2(NN)COC2)C1. The Bertz CT molecular complexity index is 164. The highest BCUT2D eigenvalue weighted by atomic mass is 16.5. The number of hydrazine groups is 1. The zero-order valence-electron chi connectivity index (χ0n) is 7.55.